The van der Waals surface area contributed by atoms with Gasteiger partial charge in [-0.05, 0) is 19.3 Å². The van der Waals surface area contributed by atoms with E-state index in [1.54, 1.807) is 0 Å². The predicted molar refractivity (Wildman–Crippen MR) is 134 cm³/mol. The van der Waals surface area contributed by atoms with Crippen LogP contribution in [0.3, 0.4) is 0 Å². The monoisotopic (exact) mass is 471 g/mol. The van der Waals surface area contributed by atoms with Gasteiger partial charge >= 0.3 is 17.9 Å². The van der Waals surface area contributed by atoms with Crippen LogP contribution in [0, 0.1) is 0 Å². The zero-order valence-corrected chi connectivity index (χ0v) is 21.7. The molecular formula is C27H51O6+. The van der Waals surface area contributed by atoms with Crippen LogP contribution in [-0.2, 0) is 23.8 Å². The fraction of sp³-hybridized carbons (Fsp3) is 0.889. The van der Waals surface area contributed by atoms with Gasteiger partial charge in [0.05, 0.1) is 0 Å². The molecule has 0 aliphatic carbocycles. The van der Waals surface area contributed by atoms with Crippen molar-refractivity contribution in [3.8, 4) is 0 Å². The average Bonchev–Trinajstić information content (AvgIpc) is 2.80. The molecule has 0 aliphatic rings. The predicted octanol–water partition coefficient (Wildman–Crippen LogP) is 7.04. The number of esters is 3. The first-order valence-electron chi connectivity index (χ1n) is 13.6. The lowest BCUT2D eigenvalue weighted by molar-refractivity contribution is -0.161. The van der Waals surface area contributed by atoms with Crippen molar-refractivity contribution >= 4 is 17.9 Å². The SMILES string of the molecule is CCCCCCCC(=O)OCC(COC(=[OH+])CCCCCCC)OC(=O)CCCCCCC. The Bertz CT molecular complexity index is 461. The summed E-state index contributed by atoms with van der Waals surface area (Å²) < 4.78 is 16.3. The number of hydrogen-bond acceptors (Lipinski definition) is 5. The van der Waals surface area contributed by atoms with E-state index in [-0.39, 0.29) is 31.1 Å². The molecule has 33 heavy (non-hydrogen) atoms. The van der Waals surface area contributed by atoms with Gasteiger partial charge < -0.3 is 19.0 Å². The Morgan fingerprint density at radius 2 is 1.00 bits per heavy atom. The van der Waals surface area contributed by atoms with Crippen molar-refractivity contribution in [3.05, 3.63) is 0 Å². The molecule has 0 bridgehead atoms. The molecule has 6 heteroatoms. The lowest BCUT2D eigenvalue weighted by atomic mass is 10.1. The Morgan fingerprint density at radius 1 is 0.576 bits per heavy atom. The summed E-state index contributed by atoms with van der Waals surface area (Å²) >= 11 is 0. The Morgan fingerprint density at radius 3 is 1.52 bits per heavy atom. The van der Waals surface area contributed by atoms with E-state index in [0.717, 1.165) is 64.2 Å². The molecule has 1 N–H and O–H groups in total. The molecule has 0 fully saturated rings. The normalized spacial score (nSPS) is 11.7. The van der Waals surface area contributed by atoms with Crippen LogP contribution in [0.4, 0.5) is 0 Å². The minimum absolute atomic E-state index is 0.00779. The van der Waals surface area contributed by atoms with Crippen LogP contribution in [0.2, 0.25) is 0 Å². The second kappa shape index (κ2) is 23.6. The van der Waals surface area contributed by atoms with Gasteiger partial charge in [0.15, 0.2) is 6.10 Å². The molecule has 0 aromatic heterocycles. The highest BCUT2D eigenvalue weighted by molar-refractivity contribution is 5.71. The molecule has 0 aliphatic heterocycles. The highest BCUT2D eigenvalue weighted by Crippen LogP contribution is 2.10. The van der Waals surface area contributed by atoms with E-state index >= 15 is 0 Å². The summed E-state index contributed by atoms with van der Waals surface area (Å²) in [5.41, 5.74) is 0. The average molecular weight is 472 g/mol. The second-order valence-electron chi connectivity index (χ2n) is 8.99. The van der Waals surface area contributed by atoms with Crippen LogP contribution >= 0.6 is 0 Å². The lowest BCUT2D eigenvalue weighted by Gasteiger charge is -2.15. The number of rotatable bonds is 23. The molecular weight excluding hydrogens is 420 g/mol. The maximum Gasteiger partial charge on any atom is 0.482 e. The first-order chi connectivity index (χ1) is 16.0. The van der Waals surface area contributed by atoms with Gasteiger partial charge in [-0.25, -0.2) is 0 Å². The van der Waals surface area contributed by atoms with Gasteiger partial charge in [0.25, 0.3) is 0 Å². The summed E-state index contributed by atoms with van der Waals surface area (Å²) in [6.07, 6.45) is 16.5. The summed E-state index contributed by atoms with van der Waals surface area (Å²) in [6.45, 7) is 6.43. The van der Waals surface area contributed by atoms with Crippen LogP contribution in [0.15, 0.2) is 0 Å². The number of carbonyl (C=O) groups is 2. The standard InChI is InChI=1S/C27H50O6/c1-4-7-10-13-16-19-25(28)31-22-24(33-27(30)21-18-15-12-9-6-3)23-32-26(29)20-17-14-11-8-5-2/h24H,4-23H2,1-3H3/p+1. The van der Waals surface area contributed by atoms with Gasteiger partial charge in [-0.15, -0.1) is 0 Å². The van der Waals surface area contributed by atoms with E-state index in [1.807, 2.05) is 0 Å². The molecule has 1 atom stereocenters. The van der Waals surface area contributed by atoms with Crippen LogP contribution in [-0.4, -0.2) is 42.0 Å². The lowest BCUT2D eigenvalue weighted by Crippen LogP contribution is -2.31. The van der Waals surface area contributed by atoms with Gasteiger partial charge in [0.1, 0.15) is 13.0 Å². The van der Waals surface area contributed by atoms with Crippen molar-refractivity contribution in [1.29, 1.82) is 0 Å². The third kappa shape index (κ3) is 22.0. The first-order valence-corrected chi connectivity index (χ1v) is 13.6. The van der Waals surface area contributed by atoms with Crippen LogP contribution in [0.1, 0.15) is 136 Å². The quantitative estimate of drug-likeness (QED) is 0.0690. The molecule has 0 saturated carbocycles. The number of hydrogen-bond donors (Lipinski definition) is 0. The van der Waals surface area contributed by atoms with Crippen molar-refractivity contribution in [2.45, 2.75) is 142 Å². The van der Waals surface area contributed by atoms with Crippen molar-refractivity contribution in [2.75, 3.05) is 13.2 Å². The van der Waals surface area contributed by atoms with Gasteiger partial charge in [0, 0.05) is 12.8 Å². The largest absolute Gasteiger partial charge is 0.482 e. The van der Waals surface area contributed by atoms with Crippen molar-refractivity contribution in [1.82, 2.24) is 0 Å². The molecule has 194 valence electrons. The summed E-state index contributed by atoms with van der Waals surface area (Å²) in [6, 6.07) is 0. The highest BCUT2D eigenvalue weighted by atomic mass is 16.6. The Kier molecular flexibility index (Phi) is 22.4. The van der Waals surface area contributed by atoms with Crippen LogP contribution < -0.4 is 0 Å². The molecule has 0 aromatic rings. The molecule has 6 nitrogen and oxygen atoms in total. The van der Waals surface area contributed by atoms with Gasteiger partial charge in [-0.2, -0.15) is 0 Å². The second-order valence-corrected chi connectivity index (χ2v) is 8.99. The molecule has 1 unspecified atom stereocenters. The van der Waals surface area contributed by atoms with Crippen molar-refractivity contribution < 1.29 is 28.6 Å². The Hall–Kier alpha value is -1.59. The van der Waals surface area contributed by atoms with Crippen LogP contribution in [0.25, 0.3) is 0 Å². The minimum atomic E-state index is -0.709. The molecule has 0 radical (unpaired) electrons. The molecule has 0 heterocycles. The highest BCUT2D eigenvalue weighted by Gasteiger charge is 2.23. The van der Waals surface area contributed by atoms with Crippen molar-refractivity contribution in [3.63, 3.8) is 0 Å². The van der Waals surface area contributed by atoms with E-state index in [0.29, 0.717) is 19.3 Å². The smallest absolute Gasteiger partial charge is 0.461 e. The topological polar surface area (TPSA) is 83.2 Å². The third-order valence-electron chi connectivity index (χ3n) is 5.63. The molecule has 0 spiro atoms. The van der Waals surface area contributed by atoms with Gasteiger partial charge in [-0.3, -0.25) is 9.59 Å². The summed E-state index contributed by atoms with van der Waals surface area (Å²) in [4.78, 5) is 34.3. The maximum absolute atomic E-state index is 12.2. The fourth-order valence-electron chi connectivity index (χ4n) is 3.51. The summed E-state index contributed by atoms with van der Waals surface area (Å²) in [5.74, 6) is -0.639. The molecule has 0 rings (SSSR count). The third-order valence-corrected chi connectivity index (χ3v) is 5.63. The van der Waals surface area contributed by atoms with E-state index < -0.39 is 6.10 Å². The van der Waals surface area contributed by atoms with E-state index in [9.17, 15) is 14.4 Å². The minimum Gasteiger partial charge on any atom is -0.461 e. The maximum atomic E-state index is 12.2. The van der Waals surface area contributed by atoms with E-state index in [1.165, 1.54) is 32.1 Å². The Labute approximate surface area is 202 Å². The van der Waals surface area contributed by atoms with E-state index in [2.05, 4.69) is 20.8 Å². The molecule has 0 aromatic carbocycles. The zero-order chi connectivity index (χ0) is 24.6. The summed E-state index contributed by atoms with van der Waals surface area (Å²) in [5, 5.41) is 0. The van der Waals surface area contributed by atoms with Gasteiger partial charge in [-0.1, -0.05) is 97.8 Å². The van der Waals surface area contributed by atoms with Crippen LogP contribution in [0.5, 0.6) is 0 Å². The fourth-order valence-corrected chi connectivity index (χ4v) is 3.51. The number of ether oxygens (including phenoxy) is 3. The first kappa shape index (κ1) is 31.4. The van der Waals surface area contributed by atoms with E-state index in [4.69, 9.17) is 14.2 Å². The van der Waals surface area contributed by atoms with Crippen molar-refractivity contribution in [2.24, 2.45) is 0 Å². The molecule has 0 amide bonds. The summed E-state index contributed by atoms with van der Waals surface area (Å²) in [7, 11) is 0. The van der Waals surface area contributed by atoms with Gasteiger partial charge in [0.2, 0.25) is 6.61 Å². The zero-order valence-electron chi connectivity index (χ0n) is 21.7. The molecule has 0 saturated heterocycles. The number of carbonyl (C=O) groups excluding carboxylic acids is 3. The Balaban J connectivity index is 4.37. The number of unbranched alkanes of at least 4 members (excludes halogenated alkanes) is 12.